The van der Waals surface area contributed by atoms with Gasteiger partial charge in [-0.25, -0.2) is 0 Å². The number of carbonyl (C=O) groups excluding carboxylic acids is 2. The van der Waals surface area contributed by atoms with Crippen molar-refractivity contribution >= 4 is 35.2 Å². The molecule has 152 valence electrons. The van der Waals surface area contributed by atoms with Crippen molar-refractivity contribution in [2.75, 3.05) is 37.6 Å². The van der Waals surface area contributed by atoms with Gasteiger partial charge in [-0.05, 0) is 35.9 Å². The van der Waals surface area contributed by atoms with Crippen molar-refractivity contribution in [3.05, 3.63) is 71.3 Å². The van der Waals surface area contributed by atoms with Crippen LogP contribution < -0.4 is 15.8 Å². The van der Waals surface area contributed by atoms with Gasteiger partial charge in [0.1, 0.15) is 0 Å². The second kappa shape index (κ2) is 10.6. The molecule has 1 aliphatic heterocycles. The molecule has 3 rings (SSSR count). The van der Waals surface area contributed by atoms with Gasteiger partial charge in [0.25, 0.3) is 5.91 Å². The number of amides is 2. The van der Waals surface area contributed by atoms with Gasteiger partial charge in [0.05, 0.1) is 0 Å². The van der Waals surface area contributed by atoms with Gasteiger partial charge in [-0.3, -0.25) is 25.3 Å². The molecule has 1 saturated heterocycles. The summed E-state index contributed by atoms with van der Waals surface area (Å²) in [6.07, 6.45) is 3.36. The molecule has 0 aliphatic carbocycles. The number of piperazine rings is 1. The molecule has 2 aromatic rings. The molecule has 29 heavy (non-hydrogen) atoms. The first kappa shape index (κ1) is 20.9. The second-order valence-electron chi connectivity index (χ2n) is 6.84. The first-order valence-corrected chi connectivity index (χ1v) is 10.0. The van der Waals surface area contributed by atoms with Gasteiger partial charge in [-0.2, -0.15) is 0 Å². The summed E-state index contributed by atoms with van der Waals surface area (Å²) >= 11 is 5.82. The highest BCUT2D eigenvalue weighted by atomic mass is 35.5. The van der Waals surface area contributed by atoms with Crippen LogP contribution in [0.15, 0.2) is 60.7 Å². The van der Waals surface area contributed by atoms with Crippen LogP contribution in [0.1, 0.15) is 12.0 Å². The fraction of sp³-hybridized carbons (Fsp3) is 0.273. The quantitative estimate of drug-likeness (QED) is 0.565. The van der Waals surface area contributed by atoms with Crippen molar-refractivity contribution in [2.45, 2.75) is 6.42 Å². The Balaban J connectivity index is 1.32. The molecule has 0 aromatic heterocycles. The van der Waals surface area contributed by atoms with E-state index in [1.165, 1.54) is 11.8 Å². The van der Waals surface area contributed by atoms with Crippen molar-refractivity contribution in [3.8, 4) is 0 Å². The fourth-order valence-electron chi connectivity index (χ4n) is 3.11. The highest BCUT2D eigenvalue weighted by molar-refractivity contribution is 6.30. The minimum Gasteiger partial charge on any atom is -0.369 e. The minimum atomic E-state index is -0.384. The first-order valence-electron chi connectivity index (χ1n) is 9.65. The molecule has 0 unspecified atom stereocenters. The van der Waals surface area contributed by atoms with Crippen LogP contribution in [0.4, 0.5) is 5.69 Å². The summed E-state index contributed by atoms with van der Waals surface area (Å²) in [4.78, 5) is 28.4. The SMILES string of the molecule is O=C(C=Cc1ccc(Cl)cc1)NNC(=O)CCN1CCN(c2ccccc2)CC1. The molecule has 2 amide bonds. The Hall–Kier alpha value is -2.83. The van der Waals surface area contributed by atoms with Crippen molar-refractivity contribution in [1.82, 2.24) is 15.8 Å². The Bertz CT molecular complexity index is 832. The molecular weight excluding hydrogens is 388 g/mol. The van der Waals surface area contributed by atoms with Crippen LogP contribution in [0.2, 0.25) is 5.02 Å². The van der Waals surface area contributed by atoms with Crippen LogP contribution in [-0.2, 0) is 9.59 Å². The lowest BCUT2D eigenvalue weighted by Gasteiger charge is -2.36. The number of hydrogen-bond donors (Lipinski definition) is 2. The molecule has 2 aromatic carbocycles. The van der Waals surface area contributed by atoms with E-state index >= 15 is 0 Å². The van der Waals surface area contributed by atoms with Crippen molar-refractivity contribution in [3.63, 3.8) is 0 Å². The predicted octanol–water partition coefficient (Wildman–Crippen LogP) is 2.71. The summed E-state index contributed by atoms with van der Waals surface area (Å²) in [7, 11) is 0. The van der Waals surface area contributed by atoms with Gasteiger partial charge < -0.3 is 4.90 Å². The number of hydrogen-bond acceptors (Lipinski definition) is 4. The zero-order valence-corrected chi connectivity index (χ0v) is 16.9. The van der Waals surface area contributed by atoms with Crippen molar-refractivity contribution in [2.24, 2.45) is 0 Å². The zero-order chi connectivity index (χ0) is 20.5. The van der Waals surface area contributed by atoms with E-state index in [2.05, 4.69) is 32.8 Å². The van der Waals surface area contributed by atoms with Gasteiger partial charge in [0, 0.05) is 55.9 Å². The lowest BCUT2D eigenvalue weighted by atomic mass is 10.2. The van der Waals surface area contributed by atoms with E-state index in [0.717, 1.165) is 31.7 Å². The van der Waals surface area contributed by atoms with E-state index in [4.69, 9.17) is 11.6 Å². The largest absolute Gasteiger partial charge is 0.369 e. The summed E-state index contributed by atoms with van der Waals surface area (Å²) in [5.41, 5.74) is 6.94. The lowest BCUT2D eigenvalue weighted by Crippen LogP contribution is -2.48. The van der Waals surface area contributed by atoms with Crippen molar-refractivity contribution in [1.29, 1.82) is 0 Å². The molecule has 0 atom stereocenters. The molecule has 7 heteroatoms. The van der Waals surface area contributed by atoms with Gasteiger partial charge >= 0.3 is 0 Å². The monoisotopic (exact) mass is 412 g/mol. The topological polar surface area (TPSA) is 64.7 Å². The van der Waals surface area contributed by atoms with Crippen molar-refractivity contribution < 1.29 is 9.59 Å². The van der Waals surface area contributed by atoms with Gasteiger partial charge in [-0.15, -0.1) is 0 Å². The summed E-state index contributed by atoms with van der Waals surface area (Å²) in [5, 5.41) is 0.639. The van der Waals surface area contributed by atoms with Gasteiger partial charge in [0.15, 0.2) is 0 Å². The zero-order valence-electron chi connectivity index (χ0n) is 16.2. The molecule has 2 N–H and O–H groups in total. The van der Waals surface area contributed by atoms with E-state index in [1.807, 2.05) is 30.3 Å². The molecule has 0 bridgehead atoms. The normalized spacial score (nSPS) is 14.7. The number of benzene rings is 2. The highest BCUT2D eigenvalue weighted by Crippen LogP contribution is 2.15. The number of hydrazine groups is 1. The standard InChI is InChI=1S/C22H25ClN4O2/c23-19-9-6-18(7-10-19)8-11-21(28)24-25-22(29)12-13-26-14-16-27(17-15-26)20-4-2-1-3-5-20/h1-11H,12-17H2,(H,24,28)(H,25,29). The maximum absolute atomic E-state index is 12.0. The number of rotatable bonds is 6. The third kappa shape index (κ3) is 6.93. The first-order chi connectivity index (χ1) is 14.1. The molecule has 1 fully saturated rings. The third-order valence-corrected chi connectivity index (χ3v) is 5.02. The summed E-state index contributed by atoms with van der Waals surface area (Å²) in [6, 6.07) is 17.5. The summed E-state index contributed by atoms with van der Waals surface area (Å²) < 4.78 is 0. The maximum atomic E-state index is 12.0. The Morgan fingerprint density at radius 1 is 0.931 bits per heavy atom. The van der Waals surface area contributed by atoms with Crippen LogP contribution in [0, 0.1) is 0 Å². The molecular formula is C22H25ClN4O2. The average molecular weight is 413 g/mol. The molecule has 0 radical (unpaired) electrons. The van der Waals surface area contributed by atoms with E-state index in [-0.39, 0.29) is 11.8 Å². The molecule has 0 saturated carbocycles. The lowest BCUT2D eigenvalue weighted by molar-refractivity contribution is -0.127. The fourth-order valence-corrected chi connectivity index (χ4v) is 3.24. The highest BCUT2D eigenvalue weighted by Gasteiger charge is 2.17. The number of nitrogens with one attached hydrogen (secondary N) is 2. The molecule has 6 nitrogen and oxygen atoms in total. The Kier molecular flexibility index (Phi) is 7.67. The number of nitrogens with zero attached hydrogens (tertiary/aromatic N) is 2. The summed E-state index contributed by atoms with van der Waals surface area (Å²) in [5.74, 6) is -0.589. The summed E-state index contributed by atoms with van der Waals surface area (Å²) in [6.45, 7) is 4.39. The van der Waals surface area contributed by atoms with Gasteiger partial charge in [0.2, 0.25) is 5.91 Å². The van der Waals surface area contributed by atoms with E-state index in [9.17, 15) is 9.59 Å². The van der Waals surface area contributed by atoms with Crippen LogP contribution >= 0.6 is 11.6 Å². The van der Waals surface area contributed by atoms with Crippen LogP contribution in [0.25, 0.3) is 6.08 Å². The molecule has 1 aliphatic rings. The van der Waals surface area contributed by atoms with Crippen LogP contribution in [-0.4, -0.2) is 49.4 Å². The second-order valence-corrected chi connectivity index (χ2v) is 7.27. The van der Waals surface area contributed by atoms with Crippen LogP contribution in [0.3, 0.4) is 0 Å². The molecule has 0 spiro atoms. The van der Waals surface area contributed by atoms with E-state index in [0.29, 0.717) is 18.0 Å². The minimum absolute atomic E-state index is 0.205. The maximum Gasteiger partial charge on any atom is 0.262 e. The van der Waals surface area contributed by atoms with Crippen LogP contribution in [0.5, 0.6) is 0 Å². The predicted molar refractivity (Wildman–Crippen MR) is 116 cm³/mol. The third-order valence-electron chi connectivity index (χ3n) is 4.77. The molecule has 1 heterocycles. The number of anilines is 1. The Morgan fingerprint density at radius 2 is 1.62 bits per heavy atom. The van der Waals surface area contributed by atoms with Gasteiger partial charge in [-0.1, -0.05) is 41.9 Å². The Labute approximate surface area is 176 Å². The smallest absolute Gasteiger partial charge is 0.262 e. The number of para-hydroxylation sites is 1. The average Bonchev–Trinajstić information content (AvgIpc) is 2.77. The van der Waals surface area contributed by atoms with E-state index in [1.54, 1.807) is 18.2 Å². The number of halogens is 1. The Morgan fingerprint density at radius 3 is 2.31 bits per heavy atom. The van der Waals surface area contributed by atoms with E-state index < -0.39 is 0 Å². The number of carbonyl (C=O) groups is 2.